The fourth-order valence-corrected chi connectivity index (χ4v) is 2.46. The van der Waals surface area contributed by atoms with Crippen LogP contribution in [-0.4, -0.2) is 22.6 Å². The normalized spacial score (nSPS) is 12.2. The maximum Gasteiger partial charge on any atom is 0.227 e. The summed E-state index contributed by atoms with van der Waals surface area (Å²) in [5.74, 6) is -0.127. The monoisotopic (exact) mass is 271 g/mol. The van der Waals surface area contributed by atoms with Crippen LogP contribution in [0.15, 0.2) is 30.3 Å². The van der Waals surface area contributed by atoms with Crippen molar-refractivity contribution in [2.45, 2.75) is 33.1 Å². The Hall–Kier alpha value is -2.10. The van der Waals surface area contributed by atoms with Crippen LogP contribution in [0, 0.1) is 13.8 Å². The van der Waals surface area contributed by atoms with Crippen LogP contribution in [0.4, 0.5) is 0 Å². The lowest BCUT2D eigenvalue weighted by atomic mass is 9.98. The molecule has 0 spiro atoms. The second-order valence-electron chi connectivity index (χ2n) is 5.10. The van der Waals surface area contributed by atoms with Gasteiger partial charge in [-0.3, -0.25) is 9.89 Å². The topological polar surface area (TPSA) is 57.8 Å². The third-order valence-electron chi connectivity index (χ3n) is 3.57. The fraction of sp³-hybridized carbons (Fsp3) is 0.375. The van der Waals surface area contributed by atoms with E-state index in [1.165, 1.54) is 5.56 Å². The summed E-state index contributed by atoms with van der Waals surface area (Å²) in [7, 11) is 0. The summed E-state index contributed by atoms with van der Waals surface area (Å²) in [6.45, 7) is 6.45. The minimum Gasteiger partial charge on any atom is -0.355 e. The van der Waals surface area contributed by atoms with E-state index in [0.717, 1.165) is 23.4 Å². The summed E-state index contributed by atoms with van der Waals surface area (Å²) in [6, 6.07) is 10.2. The number of carbonyl (C=O) groups is 1. The van der Waals surface area contributed by atoms with Gasteiger partial charge in [0.25, 0.3) is 0 Å². The number of benzene rings is 1. The van der Waals surface area contributed by atoms with Gasteiger partial charge in [0, 0.05) is 17.8 Å². The Morgan fingerprint density at radius 1 is 1.30 bits per heavy atom. The minimum atomic E-state index is -0.176. The molecule has 0 saturated heterocycles. The van der Waals surface area contributed by atoms with Gasteiger partial charge in [-0.15, -0.1) is 0 Å². The maximum atomic E-state index is 12.2. The SMILES string of the molecule is Cc1n[nH]c(C)c1C(C)C(=O)NCCc1ccccc1. The molecule has 106 valence electrons. The first-order valence-corrected chi connectivity index (χ1v) is 6.92. The highest BCUT2D eigenvalue weighted by Crippen LogP contribution is 2.21. The van der Waals surface area contributed by atoms with Crippen LogP contribution < -0.4 is 5.32 Å². The molecule has 0 radical (unpaired) electrons. The summed E-state index contributed by atoms with van der Waals surface area (Å²) < 4.78 is 0. The maximum absolute atomic E-state index is 12.2. The molecule has 1 atom stereocenters. The molecule has 1 unspecified atom stereocenters. The van der Waals surface area contributed by atoms with Gasteiger partial charge in [0.05, 0.1) is 11.6 Å². The van der Waals surface area contributed by atoms with Crippen molar-refractivity contribution in [3.05, 3.63) is 52.8 Å². The molecular weight excluding hydrogens is 250 g/mol. The smallest absolute Gasteiger partial charge is 0.227 e. The van der Waals surface area contributed by atoms with E-state index in [-0.39, 0.29) is 11.8 Å². The number of H-pyrrole nitrogens is 1. The van der Waals surface area contributed by atoms with E-state index in [4.69, 9.17) is 0 Å². The Morgan fingerprint density at radius 2 is 2.00 bits per heavy atom. The zero-order valence-electron chi connectivity index (χ0n) is 12.2. The number of hydrogen-bond acceptors (Lipinski definition) is 2. The Balaban J connectivity index is 1.89. The third-order valence-corrected chi connectivity index (χ3v) is 3.57. The first kappa shape index (κ1) is 14.3. The average Bonchev–Trinajstić information content (AvgIpc) is 2.78. The van der Waals surface area contributed by atoms with Gasteiger partial charge in [-0.1, -0.05) is 30.3 Å². The first-order valence-electron chi connectivity index (χ1n) is 6.92. The van der Waals surface area contributed by atoms with Crippen molar-refractivity contribution >= 4 is 5.91 Å². The van der Waals surface area contributed by atoms with Crippen molar-refractivity contribution in [2.75, 3.05) is 6.54 Å². The molecule has 0 fully saturated rings. The van der Waals surface area contributed by atoms with E-state index in [2.05, 4.69) is 27.6 Å². The van der Waals surface area contributed by atoms with Crippen molar-refractivity contribution in [1.82, 2.24) is 15.5 Å². The molecular formula is C16H21N3O. The van der Waals surface area contributed by atoms with Gasteiger partial charge in [0.15, 0.2) is 0 Å². The molecule has 2 rings (SSSR count). The van der Waals surface area contributed by atoms with E-state index in [9.17, 15) is 4.79 Å². The number of amides is 1. The van der Waals surface area contributed by atoms with Gasteiger partial charge in [-0.25, -0.2) is 0 Å². The lowest BCUT2D eigenvalue weighted by Crippen LogP contribution is -2.30. The number of rotatable bonds is 5. The van der Waals surface area contributed by atoms with Crippen molar-refractivity contribution in [2.24, 2.45) is 0 Å². The minimum absolute atomic E-state index is 0.0496. The van der Waals surface area contributed by atoms with Crippen LogP contribution >= 0.6 is 0 Å². The molecule has 1 aromatic heterocycles. The van der Waals surface area contributed by atoms with Crippen LogP contribution in [0.1, 0.15) is 35.4 Å². The molecule has 20 heavy (non-hydrogen) atoms. The van der Waals surface area contributed by atoms with E-state index < -0.39 is 0 Å². The predicted molar refractivity (Wildman–Crippen MR) is 79.6 cm³/mol. The number of carbonyl (C=O) groups excluding carboxylic acids is 1. The number of aromatic amines is 1. The Bertz CT molecular complexity index is 555. The van der Waals surface area contributed by atoms with Gasteiger partial charge in [0.1, 0.15) is 0 Å². The van der Waals surface area contributed by atoms with Crippen LogP contribution in [-0.2, 0) is 11.2 Å². The van der Waals surface area contributed by atoms with E-state index >= 15 is 0 Å². The molecule has 0 aliphatic carbocycles. The molecule has 1 amide bonds. The molecule has 0 saturated carbocycles. The highest BCUT2D eigenvalue weighted by Gasteiger charge is 2.20. The number of hydrogen-bond donors (Lipinski definition) is 2. The quantitative estimate of drug-likeness (QED) is 0.877. The zero-order valence-corrected chi connectivity index (χ0v) is 12.2. The van der Waals surface area contributed by atoms with Gasteiger partial charge < -0.3 is 5.32 Å². The Kier molecular flexibility index (Phi) is 4.56. The lowest BCUT2D eigenvalue weighted by Gasteiger charge is -2.12. The van der Waals surface area contributed by atoms with Gasteiger partial charge in [-0.05, 0) is 32.8 Å². The predicted octanol–water partition coefficient (Wildman–Crippen LogP) is 2.49. The Morgan fingerprint density at radius 3 is 2.60 bits per heavy atom. The standard InChI is InChI=1S/C16H21N3O/c1-11(15-12(2)18-19-13(15)3)16(20)17-10-9-14-7-5-4-6-8-14/h4-8,11H,9-10H2,1-3H3,(H,17,20)(H,18,19). The fourth-order valence-electron chi connectivity index (χ4n) is 2.46. The Labute approximate surface area is 119 Å². The van der Waals surface area contributed by atoms with Crippen LogP contribution in [0.25, 0.3) is 0 Å². The highest BCUT2D eigenvalue weighted by molar-refractivity contribution is 5.83. The molecule has 0 aliphatic rings. The molecule has 4 nitrogen and oxygen atoms in total. The highest BCUT2D eigenvalue weighted by atomic mass is 16.1. The number of aryl methyl sites for hydroxylation is 2. The van der Waals surface area contributed by atoms with Crippen molar-refractivity contribution in [1.29, 1.82) is 0 Å². The second-order valence-corrected chi connectivity index (χ2v) is 5.10. The molecule has 1 aromatic carbocycles. The van der Waals surface area contributed by atoms with Crippen molar-refractivity contribution in [3.63, 3.8) is 0 Å². The number of nitrogens with zero attached hydrogens (tertiary/aromatic N) is 1. The molecule has 2 N–H and O–H groups in total. The first-order chi connectivity index (χ1) is 9.59. The number of aromatic nitrogens is 2. The van der Waals surface area contributed by atoms with Crippen LogP contribution in [0.3, 0.4) is 0 Å². The van der Waals surface area contributed by atoms with Gasteiger partial charge >= 0.3 is 0 Å². The molecule has 0 aliphatic heterocycles. The zero-order chi connectivity index (χ0) is 14.5. The van der Waals surface area contributed by atoms with Crippen molar-refractivity contribution in [3.8, 4) is 0 Å². The molecule has 0 bridgehead atoms. The largest absolute Gasteiger partial charge is 0.355 e. The third kappa shape index (κ3) is 3.26. The van der Waals surface area contributed by atoms with Crippen LogP contribution in [0.5, 0.6) is 0 Å². The molecule has 1 heterocycles. The van der Waals surface area contributed by atoms with E-state index in [0.29, 0.717) is 6.54 Å². The average molecular weight is 271 g/mol. The van der Waals surface area contributed by atoms with E-state index in [1.807, 2.05) is 39.0 Å². The summed E-state index contributed by atoms with van der Waals surface area (Å²) >= 11 is 0. The molecule has 2 aromatic rings. The summed E-state index contributed by atoms with van der Waals surface area (Å²) in [5, 5.41) is 10.1. The van der Waals surface area contributed by atoms with Crippen molar-refractivity contribution < 1.29 is 4.79 Å². The van der Waals surface area contributed by atoms with Gasteiger partial charge in [0.2, 0.25) is 5.91 Å². The number of nitrogens with one attached hydrogen (secondary N) is 2. The van der Waals surface area contributed by atoms with Crippen LogP contribution in [0.2, 0.25) is 0 Å². The van der Waals surface area contributed by atoms with Gasteiger partial charge in [-0.2, -0.15) is 5.10 Å². The van der Waals surface area contributed by atoms with E-state index in [1.54, 1.807) is 0 Å². The second kappa shape index (κ2) is 6.37. The summed E-state index contributed by atoms with van der Waals surface area (Å²) in [6.07, 6.45) is 0.850. The molecule has 4 heteroatoms. The summed E-state index contributed by atoms with van der Waals surface area (Å²) in [4.78, 5) is 12.2. The lowest BCUT2D eigenvalue weighted by molar-refractivity contribution is -0.122. The summed E-state index contributed by atoms with van der Waals surface area (Å²) in [5.41, 5.74) is 4.10.